The van der Waals surface area contributed by atoms with Gasteiger partial charge in [0, 0.05) is 6.04 Å². The van der Waals surface area contributed by atoms with Gasteiger partial charge in [0.1, 0.15) is 0 Å². The number of rotatable bonds is 11. The summed E-state index contributed by atoms with van der Waals surface area (Å²) in [6.45, 7) is 8.12. The molecular weight excluding hydrogens is 350 g/mol. The molecule has 2 atom stereocenters. The number of hydrogen-bond donors (Lipinski definition) is 1. The van der Waals surface area contributed by atoms with Crippen molar-refractivity contribution in [3.8, 4) is 11.1 Å². The van der Waals surface area contributed by atoms with Gasteiger partial charge in [0.15, 0.2) is 0 Å². The van der Waals surface area contributed by atoms with Crippen molar-refractivity contribution in [2.45, 2.75) is 90.5 Å². The molecule has 2 aromatic carbocycles. The second-order valence-corrected chi connectivity index (χ2v) is 9.30. The topological polar surface area (TPSA) is 12.0 Å². The molecule has 0 radical (unpaired) electrons. The van der Waals surface area contributed by atoms with Gasteiger partial charge in [-0.15, -0.1) is 0 Å². The normalized spacial score (nSPS) is 16.8. The van der Waals surface area contributed by atoms with Crippen LogP contribution in [-0.2, 0) is 6.42 Å². The number of nitrogens with one attached hydrogen (secondary N) is 1. The van der Waals surface area contributed by atoms with Gasteiger partial charge in [-0.3, -0.25) is 0 Å². The largest absolute Gasteiger partial charge is 0.314 e. The van der Waals surface area contributed by atoms with Crippen molar-refractivity contribution in [2.24, 2.45) is 5.92 Å². The van der Waals surface area contributed by atoms with Gasteiger partial charge < -0.3 is 5.32 Å². The summed E-state index contributed by atoms with van der Waals surface area (Å²) in [7, 11) is 0. The van der Waals surface area contributed by atoms with E-state index < -0.39 is 0 Å². The Morgan fingerprint density at radius 2 is 1.48 bits per heavy atom. The second kappa shape index (κ2) is 11.6. The Morgan fingerprint density at radius 3 is 2.10 bits per heavy atom. The van der Waals surface area contributed by atoms with Gasteiger partial charge in [-0.2, -0.15) is 0 Å². The van der Waals surface area contributed by atoms with E-state index in [1.54, 1.807) is 0 Å². The molecule has 158 valence electrons. The van der Waals surface area contributed by atoms with Gasteiger partial charge in [0.25, 0.3) is 0 Å². The molecule has 1 nitrogen and oxygen atoms in total. The molecule has 0 aromatic heterocycles. The van der Waals surface area contributed by atoms with Crippen LogP contribution in [0.5, 0.6) is 0 Å². The first-order valence-corrected chi connectivity index (χ1v) is 12.1. The Hall–Kier alpha value is -1.60. The third-order valence-corrected chi connectivity index (χ3v) is 6.96. The Morgan fingerprint density at radius 1 is 0.862 bits per heavy atom. The first kappa shape index (κ1) is 22.1. The summed E-state index contributed by atoms with van der Waals surface area (Å²) in [4.78, 5) is 0. The highest BCUT2D eigenvalue weighted by Crippen LogP contribution is 2.28. The smallest absolute Gasteiger partial charge is 0.00389 e. The third-order valence-electron chi connectivity index (χ3n) is 6.96. The molecular formula is C28H41N. The van der Waals surface area contributed by atoms with Crippen LogP contribution in [0.1, 0.15) is 89.2 Å². The summed E-state index contributed by atoms with van der Waals surface area (Å²) < 4.78 is 0. The minimum Gasteiger partial charge on any atom is -0.314 e. The van der Waals surface area contributed by atoms with Crippen LogP contribution in [0, 0.1) is 5.92 Å². The van der Waals surface area contributed by atoms with E-state index in [2.05, 4.69) is 74.6 Å². The monoisotopic (exact) mass is 391 g/mol. The van der Waals surface area contributed by atoms with Crippen LogP contribution in [0.15, 0.2) is 48.5 Å². The average Bonchev–Trinajstić information content (AvgIpc) is 3.29. The van der Waals surface area contributed by atoms with Gasteiger partial charge >= 0.3 is 0 Å². The molecule has 0 spiro atoms. The van der Waals surface area contributed by atoms with E-state index in [0.29, 0.717) is 12.0 Å². The number of hydrogen-bond acceptors (Lipinski definition) is 1. The molecule has 0 bridgehead atoms. The first-order chi connectivity index (χ1) is 14.2. The van der Waals surface area contributed by atoms with Crippen LogP contribution in [-0.4, -0.2) is 12.6 Å². The van der Waals surface area contributed by atoms with E-state index in [1.165, 1.54) is 80.2 Å². The Balaban J connectivity index is 1.38. The van der Waals surface area contributed by atoms with E-state index in [1.807, 2.05) is 0 Å². The summed E-state index contributed by atoms with van der Waals surface area (Å²) in [5.74, 6) is 1.65. The molecule has 1 aliphatic carbocycles. The van der Waals surface area contributed by atoms with Crippen molar-refractivity contribution in [2.75, 3.05) is 6.54 Å². The van der Waals surface area contributed by atoms with Crippen molar-refractivity contribution < 1.29 is 0 Å². The second-order valence-electron chi connectivity index (χ2n) is 9.30. The van der Waals surface area contributed by atoms with Crippen molar-refractivity contribution in [1.29, 1.82) is 0 Å². The van der Waals surface area contributed by atoms with Gasteiger partial charge in [-0.25, -0.2) is 0 Å². The standard InChI is InChI=1S/C28H41N/c1-4-24-13-15-27(16-14-24)28-19-17-26(18-20-28)22(2)11-12-23(3)29-21-7-10-25-8-5-6-9-25/h13-20,22-23,25,29H,4-12,21H2,1-3H3. The Bertz CT molecular complexity index is 694. The molecule has 1 fully saturated rings. The van der Waals surface area contributed by atoms with Crippen molar-refractivity contribution in [3.63, 3.8) is 0 Å². The van der Waals surface area contributed by atoms with Crippen LogP contribution in [0.4, 0.5) is 0 Å². The molecule has 1 heteroatoms. The molecule has 1 aliphatic rings. The summed E-state index contributed by atoms with van der Waals surface area (Å²) in [6, 6.07) is 18.8. The maximum atomic E-state index is 3.75. The lowest BCUT2D eigenvalue weighted by molar-refractivity contribution is 0.433. The fourth-order valence-electron chi connectivity index (χ4n) is 4.74. The number of benzene rings is 2. The van der Waals surface area contributed by atoms with Crippen LogP contribution in [0.3, 0.4) is 0 Å². The predicted octanol–water partition coefficient (Wildman–Crippen LogP) is 7.75. The minimum absolute atomic E-state index is 0.620. The summed E-state index contributed by atoms with van der Waals surface area (Å²) in [6.07, 6.45) is 12.3. The maximum absolute atomic E-state index is 3.75. The predicted molar refractivity (Wildman–Crippen MR) is 128 cm³/mol. The summed E-state index contributed by atoms with van der Waals surface area (Å²) in [5, 5.41) is 3.75. The number of aryl methyl sites for hydroxylation is 1. The van der Waals surface area contributed by atoms with Gasteiger partial charge in [0.2, 0.25) is 0 Å². The van der Waals surface area contributed by atoms with Crippen molar-refractivity contribution in [3.05, 3.63) is 59.7 Å². The zero-order chi connectivity index (χ0) is 20.5. The van der Waals surface area contributed by atoms with Crippen LogP contribution >= 0.6 is 0 Å². The molecule has 3 rings (SSSR count). The highest BCUT2D eigenvalue weighted by atomic mass is 14.9. The van der Waals surface area contributed by atoms with Gasteiger partial charge in [-0.1, -0.05) is 88.1 Å². The lowest BCUT2D eigenvalue weighted by atomic mass is 9.92. The summed E-state index contributed by atoms with van der Waals surface area (Å²) in [5.41, 5.74) is 5.50. The highest BCUT2D eigenvalue weighted by molar-refractivity contribution is 5.64. The molecule has 29 heavy (non-hydrogen) atoms. The molecule has 2 aromatic rings. The fraction of sp³-hybridized carbons (Fsp3) is 0.571. The molecule has 0 heterocycles. The zero-order valence-electron chi connectivity index (χ0n) is 18.9. The van der Waals surface area contributed by atoms with Crippen molar-refractivity contribution in [1.82, 2.24) is 5.32 Å². The minimum atomic E-state index is 0.620. The van der Waals surface area contributed by atoms with E-state index in [9.17, 15) is 0 Å². The quantitative estimate of drug-likeness (QED) is 0.386. The van der Waals surface area contributed by atoms with Crippen LogP contribution in [0.2, 0.25) is 0 Å². The SMILES string of the molecule is CCc1ccc(-c2ccc(C(C)CCC(C)NCCCC3CCCC3)cc2)cc1. The van der Waals surface area contributed by atoms with E-state index in [0.717, 1.165) is 12.3 Å². The molecule has 1 N–H and O–H groups in total. The van der Waals surface area contributed by atoms with E-state index in [-0.39, 0.29) is 0 Å². The van der Waals surface area contributed by atoms with Crippen LogP contribution < -0.4 is 5.32 Å². The fourth-order valence-corrected chi connectivity index (χ4v) is 4.74. The lowest BCUT2D eigenvalue weighted by Gasteiger charge is -2.18. The molecule has 0 saturated heterocycles. The molecule has 0 aliphatic heterocycles. The third kappa shape index (κ3) is 7.00. The molecule has 2 unspecified atom stereocenters. The van der Waals surface area contributed by atoms with Crippen molar-refractivity contribution >= 4 is 0 Å². The zero-order valence-corrected chi connectivity index (χ0v) is 18.9. The molecule has 0 amide bonds. The lowest BCUT2D eigenvalue weighted by Crippen LogP contribution is -2.27. The van der Waals surface area contributed by atoms with E-state index >= 15 is 0 Å². The van der Waals surface area contributed by atoms with Gasteiger partial charge in [0.05, 0.1) is 0 Å². The van der Waals surface area contributed by atoms with Gasteiger partial charge in [-0.05, 0) is 79.7 Å². The van der Waals surface area contributed by atoms with E-state index in [4.69, 9.17) is 0 Å². The van der Waals surface area contributed by atoms with Crippen LogP contribution in [0.25, 0.3) is 11.1 Å². The highest BCUT2D eigenvalue weighted by Gasteiger charge is 2.14. The average molecular weight is 392 g/mol. The summed E-state index contributed by atoms with van der Waals surface area (Å²) >= 11 is 0. The molecule has 1 saturated carbocycles. The maximum Gasteiger partial charge on any atom is 0.00389 e. The Kier molecular flexibility index (Phi) is 8.80. The first-order valence-electron chi connectivity index (χ1n) is 12.1. The Labute approximate surface area is 179 Å².